The number of hydrogen-bond donors (Lipinski definition) is 3. The summed E-state index contributed by atoms with van der Waals surface area (Å²) in [6.07, 6.45) is 2.16. The minimum atomic E-state index is -0.332. The van der Waals surface area contributed by atoms with Crippen LogP contribution >= 0.6 is 11.6 Å². The van der Waals surface area contributed by atoms with Gasteiger partial charge in [0.2, 0.25) is 5.91 Å². The van der Waals surface area contributed by atoms with Crippen molar-refractivity contribution in [2.24, 2.45) is 0 Å². The highest BCUT2D eigenvalue weighted by Gasteiger charge is 2.11. The van der Waals surface area contributed by atoms with Crippen molar-refractivity contribution >= 4 is 34.9 Å². The second-order valence-corrected chi connectivity index (χ2v) is 6.34. The summed E-state index contributed by atoms with van der Waals surface area (Å²) in [4.78, 5) is 27.8. The molecule has 0 atom stereocenters. The summed E-state index contributed by atoms with van der Waals surface area (Å²) < 4.78 is 5.70. The maximum Gasteiger partial charge on any atom is 0.318 e. The lowest BCUT2D eigenvalue weighted by Gasteiger charge is -2.08. The molecule has 7 nitrogen and oxygen atoms in total. The van der Waals surface area contributed by atoms with Gasteiger partial charge in [-0.1, -0.05) is 29.8 Å². The van der Waals surface area contributed by atoms with E-state index in [-0.39, 0.29) is 18.4 Å². The maximum atomic E-state index is 12.2. The number of nitrogens with one attached hydrogen (secondary N) is 3. The van der Waals surface area contributed by atoms with Crippen LogP contribution in [0.25, 0.3) is 11.3 Å². The number of anilines is 2. The molecule has 0 aliphatic carbocycles. The highest BCUT2D eigenvalue weighted by Crippen LogP contribution is 2.28. The van der Waals surface area contributed by atoms with E-state index in [0.717, 1.165) is 5.56 Å². The lowest BCUT2D eigenvalue weighted by atomic mass is 10.2. The number of amides is 3. The lowest BCUT2D eigenvalue weighted by molar-refractivity contribution is -0.116. The summed E-state index contributed by atoms with van der Waals surface area (Å²) in [6.45, 7) is 0. The van der Waals surface area contributed by atoms with E-state index in [0.29, 0.717) is 34.5 Å². The van der Waals surface area contributed by atoms with Gasteiger partial charge in [-0.05, 0) is 30.3 Å². The first kappa shape index (κ1) is 19.4. The molecule has 0 aliphatic heterocycles. The molecular formula is C20H19ClN4O3. The predicted octanol–water partition coefficient (Wildman–Crippen LogP) is 4.32. The summed E-state index contributed by atoms with van der Waals surface area (Å²) in [6, 6.07) is 13.9. The summed E-state index contributed by atoms with van der Waals surface area (Å²) >= 11 is 6.16. The van der Waals surface area contributed by atoms with Gasteiger partial charge in [0.15, 0.2) is 11.7 Å². The van der Waals surface area contributed by atoms with Crippen molar-refractivity contribution in [2.75, 3.05) is 17.7 Å². The fraction of sp³-hybridized carbons (Fsp3) is 0.150. The van der Waals surface area contributed by atoms with E-state index < -0.39 is 0 Å². The second-order valence-electron chi connectivity index (χ2n) is 5.93. The third-order valence-corrected chi connectivity index (χ3v) is 4.22. The SMILES string of the molecule is CNC(=O)Nc1cccc(NC(=O)CCc2ncc(-c3ccccc3Cl)o2)c1. The van der Waals surface area contributed by atoms with Gasteiger partial charge < -0.3 is 20.4 Å². The van der Waals surface area contributed by atoms with E-state index in [1.807, 2.05) is 18.2 Å². The fourth-order valence-electron chi connectivity index (χ4n) is 2.52. The van der Waals surface area contributed by atoms with Crippen molar-refractivity contribution in [1.29, 1.82) is 0 Å². The molecular weight excluding hydrogens is 380 g/mol. The molecule has 3 N–H and O–H groups in total. The zero-order valence-corrected chi connectivity index (χ0v) is 15.9. The van der Waals surface area contributed by atoms with Crippen molar-refractivity contribution in [3.8, 4) is 11.3 Å². The smallest absolute Gasteiger partial charge is 0.318 e. The van der Waals surface area contributed by atoms with Crippen molar-refractivity contribution in [3.05, 3.63) is 65.6 Å². The Kier molecular flexibility index (Phi) is 6.29. The minimum Gasteiger partial charge on any atom is -0.441 e. The molecule has 3 rings (SSSR count). The van der Waals surface area contributed by atoms with Gasteiger partial charge in [0, 0.05) is 36.8 Å². The first-order valence-corrected chi connectivity index (χ1v) is 9.01. The normalized spacial score (nSPS) is 10.4. The fourth-order valence-corrected chi connectivity index (χ4v) is 2.75. The van der Waals surface area contributed by atoms with Crippen LogP contribution in [-0.2, 0) is 11.2 Å². The van der Waals surface area contributed by atoms with E-state index in [4.69, 9.17) is 16.0 Å². The Hall–Kier alpha value is -3.32. The summed E-state index contributed by atoms with van der Waals surface area (Å²) in [5, 5.41) is 8.48. The quantitative estimate of drug-likeness (QED) is 0.576. The van der Waals surface area contributed by atoms with Crippen LogP contribution in [0.1, 0.15) is 12.3 Å². The van der Waals surface area contributed by atoms with Crippen LogP contribution in [0.3, 0.4) is 0 Å². The molecule has 3 aromatic rings. The first-order chi connectivity index (χ1) is 13.5. The molecule has 0 unspecified atom stereocenters. The standard InChI is InChI=1S/C20H19ClN4O3/c1-22-20(27)25-14-6-4-5-13(11-14)24-18(26)9-10-19-23-12-17(28-19)15-7-2-3-8-16(15)21/h2-8,11-12H,9-10H2,1H3,(H,24,26)(H2,22,25,27). The molecule has 28 heavy (non-hydrogen) atoms. The Labute approximate surface area is 167 Å². The number of carbonyl (C=O) groups is 2. The Balaban J connectivity index is 1.56. The monoisotopic (exact) mass is 398 g/mol. The molecule has 0 aliphatic rings. The van der Waals surface area contributed by atoms with Gasteiger partial charge in [-0.2, -0.15) is 0 Å². The van der Waals surface area contributed by atoms with Gasteiger partial charge in [0.25, 0.3) is 0 Å². The van der Waals surface area contributed by atoms with Crippen LogP contribution in [-0.4, -0.2) is 24.0 Å². The van der Waals surface area contributed by atoms with Crippen molar-refractivity contribution in [3.63, 3.8) is 0 Å². The van der Waals surface area contributed by atoms with Gasteiger partial charge in [0.05, 0.1) is 11.2 Å². The number of aromatic nitrogens is 1. The average Bonchev–Trinajstić information content (AvgIpc) is 3.16. The molecule has 1 aromatic heterocycles. The third kappa shape index (κ3) is 5.11. The largest absolute Gasteiger partial charge is 0.441 e. The minimum absolute atomic E-state index is 0.186. The maximum absolute atomic E-state index is 12.2. The van der Waals surface area contributed by atoms with Gasteiger partial charge in [-0.15, -0.1) is 0 Å². The van der Waals surface area contributed by atoms with Crippen molar-refractivity contribution < 1.29 is 14.0 Å². The summed E-state index contributed by atoms with van der Waals surface area (Å²) in [7, 11) is 1.53. The number of benzene rings is 2. The molecule has 1 heterocycles. The average molecular weight is 399 g/mol. The van der Waals surface area contributed by atoms with Crippen molar-refractivity contribution in [1.82, 2.24) is 10.3 Å². The molecule has 0 fully saturated rings. The van der Waals surface area contributed by atoms with Crippen LogP contribution in [0.4, 0.5) is 16.2 Å². The predicted molar refractivity (Wildman–Crippen MR) is 108 cm³/mol. The molecule has 144 valence electrons. The zero-order chi connectivity index (χ0) is 19.9. The molecule has 0 saturated carbocycles. The van der Waals surface area contributed by atoms with Crippen LogP contribution in [0, 0.1) is 0 Å². The molecule has 0 radical (unpaired) electrons. The van der Waals surface area contributed by atoms with Gasteiger partial charge in [0.1, 0.15) is 0 Å². The first-order valence-electron chi connectivity index (χ1n) is 8.63. The number of urea groups is 1. The number of hydrogen-bond acceptors (Lipinski definition) is 4. The van der Waals surface area contributed by atoms with Crippen molar-refractivity contribution in [2.45, 2.75) is 12.8 Å². The van der Waals surface area contributed by atoms with Crippen LogP contribution < -0.4 is 16.0 Å². The van der Waals surface area contributed by atoms with Gasteiger partial charge in [-0.25, -0.2) is 9.78 Å². The molecule has 0 spiro atoms. The second kappa shape index (κ2) is 9.05. The number of carbonyl (C=O) groups excluding carboxylic acids is 2. The number of nitrogens with zero attached hydrogens (tertiary/aromatic N) is 1. The lowest BCUT2D eigenvalue weighted by Crippen LogP contribution is -2.24. The molecule has 2 aromatic carbocycles. The van der Waals surface area contributed by atoms with Crippen LogP contribution in [0.2, 0.25) is 5.02 Å². The van der Waals surface area contributed by atoms with Gasteiger partial charge in [-0.3, -0.25) is 4.79 Å². The highest BCUT2D eigenvalue weighted by atomic mass is 35.5. The molecule has 3 amide bonds. The Morgan fingerprint density at radius 1 is 1.07 bits per heavy atom. The van der Waals surface area contributed by atoms with E-state index in [9.17, 15) is 9.59 Å². The number of rotatable bonds is 6. The topological polar surface area (TPSA) is 96.3 Å². The Bertz CT molecular complexity index is 987. The molecule has 0 bridgehead atoms. The Morgan fingerprint density at radius 2 is 1.82 bits per heavy atom. The zero-order valence-electron chi connectivity index (χ0n) is 15.2. The highest BCUT2D eigenvalue weighted by molar-refractivity contribution is 6.33. The van der Waals surface area contributed by atoms with Gasteiger partial charge >= 0.3 is 6.03 Å². The van der Waals surface area contributed by atoms with Crippen LogP contribution in [0.15, 0.2) is 59.1 Å². The molecule has 8 heteroatoms. The number of halogens is 1. The number of aryl methyl sites for hydroxylation is 1. The third-order valence-electron chi connectivity index (χ3n) is 3.89. The van der Waals surface area contributed by atoms with E-state index >= 15 is 0 Å². The molecule has 0 saturated heterocycles. The Morgan fingerprint density at radius 3 is 2.57 bits per heavy atom. The number of oxazole rings is 1. The van der Waals surface area contributed by atoms with E-state index in [1.54, 1.807) is 36.5 Å². The van der Waals surface area contributed by atoms with Crippen LogP contribution in [0.5, 0.6) is 0 Å². The summed E-state index contributed by atoms with van der Waals surface area (Å²) in [5.74, 6) is 0.837. The van der Waals surface area contributed by atoms with E-state index in [2.05, 4.69) is 20.9 Å². The van der Waals surface area contributed by atoms with E-state index in [1.165, 1.54) is 7.05 Å². The summed E-state index contributed by atoms with van der Waals surface area (Å²) in [5.41, 5.74) is 1.92.